The molecule has 1 aromatic heterocycles. The lowest BCUT2D eigenvalue weighted by atomic mass is 9.82. The number of ether oxygens (including phenoxy) is 2. The molecule has 0 aliphatic carbocycles. The van der Waals surface area contributed by atoms with Crippen LogP contribution in [-0.4, -0.2) is 35.0 Å². The molecule has 8 nitrogen and oxygen atoms in total. The minimum absolute atomic E-state index is 0.191. The number of rotatable bonds is 9. The van der Waals surface area contributed by atoms with Crippen LogP contribution in [0.5, 0.6) is 5.75 Å². The Morgan fingerprint density at radius 1 is 0.929 bits per heavy atom. The van der Waals surface area contributed by atoms with E-state index in [1.54, 1.807) is 66.7 Å². The lowest BCUT2D eigenvalue weighted by Crippen LogP contribution is -2.38. The maximum atomic E-state index is 14.3. The van der Waals surface area contributed by atoms with Crippen molar-refractivity contribution in [1.82, 2.24) is 4.98 Å². The average molecular weight is 577 g/mol. The van der Waals surface area contributed by atoms with Crippen molar-refractivity contribution in [3.63, 3.8) is 0 Å². The molecular weight excluding hydrogens is 552 g/mol. The smallest absolute Gasteiger partial charge is 0.339 e. The number of Topliss-reactive ketones (excluding diaryl/α,β-unsaturated/α-hetero) is 2. The Morgan fingerprint density at radius 3 is 2.43 bits per heavy atom. The van der Waals surface area contributed by atoms with Gasteiger partial charge in [-0.2, -0.15) is 0 Å². The van der Waals surface area contributed by atoms with Crippen molar-refractivity contribution in [2.75, 3.05) is 11.9 Å². The maximum Gasteiger partial charge on any atom is 0.339 e. The van der Waals surface area contributed by atoms with Crippen LogP contribution in [0, 0.1) is 5.92 Å². The van der Waals surface area contributed by atoms with Gasteiger partial charge in [0, 0.05) is 11.1 Å². The van der Waals surface area contributed by atoms with Crippen molar-refractivity contribution in [1.29, 1.82) is 0 Å². The van der Waals surface area contributed by atoms with Gasteiger partial charge in [0.1, 0.15) is 17.8 Å². The van der Waals surface area contributed by atoms with Gasteiger partial charge in [-0.05, 0) is 42.3 Å². The fourth-order valence-electron chi connectivity index (χ4n) is 5.06. The number of carbonyl (C=O) groups is 4. The molecule has 6 rings (SSSR count). The zero-order valence-corrected chi connectivity index (χ0v) is 23.2. The van der Waals surface area contributed by atoms with Gasteiger partial charge in [0.05, 0.1) is 22.4 Å². The number of amides is 1. The third kappa shape index (κ3) is 5.06. The molecule has 42 heavy (non-hydrogen) atoms. The second kappa shape index (κ2) is 11.4. The Bertz CT molecular complexity index is 1850. The van der Waals surface area contributed by atoms with Crippen molar-refractivity contribution in [2.24, 2.45) is 5.92 Å². The molecule has 1 amide bonds. The van der Waals surface area contributed by atoms with Crippen LogP contribution in [0.25, 0.3) is 21.3 Å². The van der Waals surface area contributed by atoms with E-state index in [4.69, 9.17) is 9.47 Å². The van der Waals surface area contributed by atoms with E-state index < -0.39 is 35.5 Å². The fourth-order valence-corrected chi connectivity index (χ4v) is 5.95. The van der Waals surface area contributed by atoms with Gasteiger partial charge < -0.3 is 9.47 Å². The Labute approximate surface area is 244 Å². The summed E-state index contributed by atoms with van der Waals surface area (Å²) in [5.74, 6) is -4.32. The molecule has 0 radical (unpaired) electrons. The molecule has 4 aromatic carbocycles. The highest BCUT2D eigenvalue weighted by Crippen LogP contribution is 2.39. The molecule has 1 aliphatic rings. The van der Waals surface area contributed by atoms with E-state index in [9.17, 15) is 19.2 Å². The van der Waals surface area contributed by atoms with Gasteiger partial charge in [-0.1, -0.05) is 84.1 Å². The van der Waals surface area contributed by atoms with Gasteiger partial charge in [0.15, 0.2) is 10.9 Å². The number of carbonyl (C=O) groups excluding carboxylic acids is 4. The number of hydrogen-bond acceptors (Lipinski definition) is 8. The van der Waals surface area contributed by atoms with E-state index in [1.165, 1.54) is 11.3 Å². The molecule has 0 unspecified atom stereocenters. The SMILES string of the molecule is CCOc1ccc2nc(NC(=O)C(=O)[C@@H](C(=O)c3ccccc3-c3ccccc3)[C@@H]3OC(=O)c4ccccc43)sc2c1. The van der Waals surface area contributed by atoms with E-state index in [0.717, 1.165) is 10.3 Å². The van der Waals surface area contributed by atoms with Gasteiger partial charge in [-0.15, -0.1) is 0 Å². The van der Waals surface area contributed by atoms with Crippen LogP contribution in [0.3, 0.4) is 0 Å². The second-order valence-corrected chi connectivity index (χ2v) is 10.6. The van der Waals surface area contributed by atoms with Crippen molar-refractivity contribution >= 4 is 50.1 Å². The first-order valence-electron chi connectivity index (χ1n) is 13.3. The highest BCUT2D eigenvalue weighted by Gasteiger charge is 2.46. The van der Waals surface area contributed by atoms with E-state index in [-0.39, 0.29) is 16.3 Å². The first kappa shape index (κ1) is 27.0. The molecule has 0 fully saturated rings. The zero-order valence-electron chi connectivity index (χ0n) is 22.4. The summed E-state index contributed by atoms with van der Waals surface area (Å²) in [6.07, 6.45) is -1.27. The van der Waals surface area contributed by atoms with Gasteiger partial charge in [-0.3, -0.25) is 19.7 Å². The lowest BCUT2D eigenvalue weighted by molar-refractivity contribution is -0.138. The fraction of sp³-hybridized carbons (Fsp3) is 0.121. The standard InChI is InChI=1S/C33H24N2O6S/c1-2-40-20-16-17-25-26(18-20)42-33(34-25)35-31(38)29(37)27(30-23-14-8-9-15-24(23)32(39)41-30)28(36)22-13-7-6-12-21(22)19-10-4-3-5-11-19/h3-18,27,30H,2H2,1H3,(H,34,35,38)/t27-,30-/m1/s1. The predicted octanol–water partition coefficient (Wildman–Crippen LogP) is 6.28. The normalized spacial score (nSPS) is 14.6. The topological polar surface area (TPSA) is 112 Å². The van der Waals surface area contributed by atoms with Crippen molar-refractivity contribution in [3.8, 4) is 16.9 Å². The molecule has 1 aliphatic heterocycles. The molecule has 0 spiro atoms. The van der Waals surface area contributed by atoms with Crippen LogP contribution in [0.1, 0.15) is 39.3 Å². The van der Waals surface area contributed by atoms with Crippen LogP contribution in [0.15, 0.2) is 97.1 Å². The van der Waals surface area contributed by atoms with Gasteiger partial charge >= 0.3 is 5.97 Å². The molecule has 208 valence electrons. The number of nitrogens with one attached hydrogen (secondary N) is 1. The number of thiazole rings is 1. The van der Waals surface area contributed by atoms with Crippen LogP contribution >= 0.6 is 11.3 Å². The predicted molar refractivity (Wildman–Crippen MR) is 159 cm³/mol. The van der Waals surface area contributed by atoms with E-state index in [1.807, 2.05) is 37.3 Å². The highest BCUT2D eigenvalue weighted by atomic mass is 32.1. The van der Waals surface area contributed by atoms with Gasteiger partial charge in [0.25, 0.3) is 5.91 Å². The molecule has 0 saturated carbocycles. The summed E-state index contributed by atoms with van der Waals surface area (Å²) >= 11 is 1.17. The molecule has 2 heterocycles. The average Bonchev–Trinajstić information content (AvgIpc) is 3.57. The van der Waals surface area contributed by atoms with Gasteiger partial charge in [0.2, 0.25) is 5.78 Å². The van der Waals surface area contributed by atoms with Crippen LogP contribution < -0.4 is 10.1 Å². The van der Waals surface area contributed by atoms with E-state index in [2.05, 4.69) is 10.3 Å². The van der Waals surface area contributed by atoms with Crippen molar-refractivity contribution in [2.45, 2.75) is 13.0 Å². The Hall–Kier alpha value is -5.15. The lowest BCUT2D eigenvalue weighted by Gasteiger charge is -2.22. The number of ketones is 2. The van der Waals surface area contributed by atoms with Crippen LogP contribution in [-0.2, 0) is 14.3 Å². The quantitative estimate of drug-likeness (QED) is 0.0951. The van der Waals surface area contributed by atoms with Crippen LogP contribution in [0.4, 0.5) is 5.13 Å². The largest absolute Gasteiger partial charge is 0.494 e. The number of anilines is 1. The molecule has 2 atom stereocenters. The number of fused-ring (bicyclic) bond motifs is 2. The first-order chi connectivity index (χ1) is 20.4. The van der Waals surface area contributed by atoms with Crippen LogP contribution in [0.2, 0.25) is 0 Å². The minimum Gasteiger partial charge on any atom is -0.494 e. The second-order valence-electron chi connectivity index (χ2n) is 9.57. The number of benzene rings is 4. The third-order valence-corrected chi connectivity index (χ3v) is 7.92. The summed E-state index contributed by atoms with van der Waals surface area (Å²) in [4.78, 5) is 58.7. The maximum absolute atomic E-state index is 14.3. The number of esters is 1. The molecule has 5 aromatic rings. The summed E-state index contributed by atoms with van der Waals surface area (Å²) < 4.78 is 11.9. The summed E-state index contributed by atoms with van der Waals surface area (Å²) in [6, 6.07) is 28.0. The van der Waals surface area contributed by atoms with Crippen molar-refractivity contribution in [3.05, 3.63) is 114 Å². The number of cyclic esters (lactones) is 1. The summed E-state index contributed by atoms with van der Waals surface area (Å²) in [6.45, 7) is 2.38. The minimum atomic E-state index is -1.62. The van der Waals surface area contributed by atoms with E-state index >= 15 is 0 Å². The molecule has 1 N–H and O–H groups in total. The Morgan fingerprint density at radius 2 is 1.64 bits per heavy atom. The summed E-state index contributed by atoms with van der Waals surface area (Å²) in [7, 11) is 0. The summed E-state index contributed by atoms with van der Waals surface area (Å²) in [5, 5.41) is 2.75. The number of nitrogens with zero attached hydrogens (tertiary/aromatic N) is 1. The molecule has 9 heteroatoms. The zero-order chi connectivity index (χ0) is 29.2. The molecular formula is C33H24N2O6S. The molecule has 0 bridgehead atoms. The molecule has 0 saturated heterocycles. The monoisotopic (exact) mass is 576 g/mol. The summed E-state index contributed by atoms with van der Waals surface area (Å²) in [5.41, 5.74) is 2.84. The first-order valence-corrected chi connectivity index (χ1v) is 14.1. The van der Waals surface area contributed by atoms with Gasteiger partial charge in [-0.25, -0.2) is 9.78 Å². The number of hydrogen-bond donors (Lipinski definition) is 1. The Balaban J connectivity index is 1.37. The third-order valence-electron chi connectivity index (χ3n) is 6.98. The van der Waals surface area contributed by atoms with E-state index in [0.29, 0.717) is 29.0 Å². The highest BCUT2D eigenvalue weighted by molar-refractivity contribution is 7.22. The Kier molecular flexibility index (Phi) is 7.33. The van der Waals surface area contributed by atoms with Crippen molar-refractivity contribution < 1.29 is 28.7 Å². The number of aromatic nitrogens is 1.